The Kier molecular flexibility index (Phi) is 5.31. The van der Waals surface area contributed by atoms with Crippen molar-refractivity contribution in [2.24, 2.45) is 0 Å². The number of methoxy groups -OCH3 is 1. The van der Waals surface area contributed by atoms with Gasteiger partial charge in [-0.15, -0.1) is 0 Å². The van der Waals surface area contributed by atoms with Gasteiger partial charge in [-0.3, -0.25) is 9.59 Å². The molecule has 1 N–H and O–H groups in total. The summed E-state index contributed by atoms with van der Waals surface area (Å²) < 4.78 is 5.05. The van der Waals surface area contributed by atoms with Crippen LogP contribution in [0.4, 0.5) is 5.69 Å². The van der Waals surface area contributed by atoms with Gasteiger partial charge in [0.05, 0.1) is 7.11 Å². The van der Waals surface area contributed by atoms with Crippen LogP contribution in [0.25, 0.3) is 0 Å². The quantitative estimate of drug-likeness (QED) is 0.829. The molecule has 0 radical (unpaired) electrons. The van der Waals surface area contributed by atoms with Gasteiger partial charge in [0.2, 0.25) is 5.91 Å². The number of hydrogen-bond donors (Lipinski definition) is 1. The molecule has 2 rings (SSSR count). The first-order valence-electron chi connectivity index (χ1n) is 7.12. The van der Waals surface area contributed by atoms with Gasteiger partial charge in [0.1, 0.15) is 5.75 Å². The Morgan fingerprint density at radius 1 is 1.05 bits per heavy atom. The summed E-state index contributed by atoms with van der Waals surface area (Å²) in [6, 6.07) is 14.5. The van der Waals surface area contributed by atoms with Crippen molar-refractivity contribution in [3.05, 3.63) is 59.7 Å². The van der Waals surface area contributed by atoms with E-state index in [2.05, 4.69) is 5.32 Å². The number of carbonyl (C=O) groups excluding carboxylic acids is 2. The molecule has 0 atom stereocenters. The molecule has 4 nitrogen and oxygen atoms in total. The Labute approximate surface area is 130 Å². The largest absolute Gasteiger partial charge is 0.497 e. The summed E-state index contributed by atoms with van der Waals surface area (Å²) in [5.41, 5.74) is 2.41. The molecular weight excluding hydrogens is 278 g/mol. The first-order valence-corrected chi connectivity index (χ1v) is 7.12. The van der Waals surface area contributed by atoms with E-state index in [1.807, 2.05) is 31.2 Å². The van der Waals surface area contributed by atoms with Crippen LogP contribution in [0.2, 0.25) is 0 Å². The number of aryl methyl sites for hydroxylation is 1. The summed E-state index contributed by atoms with van der Waals surface area (Å²) >= 11 is 0. The molecule has 22 heavy (non-hydrogen) atoms. The molecule has 0 aliphatic heterocycles. The minimum atomic E-state index is -0.160. The molecule has 0 bridgehead atoms. The summed E-state index contributed by atoms with van der Waals surface area (Å²) in [5.74, 6) is 0.489. The van der Waals surface area contributed by atoms with Crippen LogP contribution in [0.15, 0.2) is 48.5 Å². The van der Waals surface area contributed by atoms with Gasteiger partial charge in [-0.25, -0.2) is 0 Å². The van der Waals surface area contributed by atoms with Crippen molar-refractivity contribution in [3.8, 4) is 5.75 Å². The van der Waals surface area contributed by atoms with Gasteiger partial charge in [-0.2, -0.15) is 0 Å². The van der Waals surface area contributed by atoms with Crippen molar-refractivity contribution in [1.82, 2.24) is 0 Å². The van der Waals surface area contributed by atoms with Gasteiger partial charge >= 0.3 is 0 Å². The number of amides is 1. The zero-order valence-electron chi connectivity index (χ0n) is 12.8. The van der Waals surface area contributed by atoms with E-state index in [4.69, 9.17) is 4.74 Å². The maximum atomic E-state index is 12.0. The van der Waals surface area contributed by atoms with E-state index in [1.54, 1.807) is 31.4 Å². The molecule has 0 spiro atoms. The molecule has 114 valence electrons. The average Bonchev–Trinajstić information content (AvgIpc) is 2.52. The second-order valence-electron chi connectivity index (χ2n) is 5.07. The van der Waals surface area contributed by atoms with E-state index < -0.39 is 0 Å². The van der Waals surface area contributed by atoms with Crippen molar-refractivity contribution in [1.29, 1.82) is 0 Å². The number of benzene rings is 2. The Bertz CT molecular complexity index is 662. The predicted molar refractivity (Wildman–Crippen MR) is 86.4 cm³/mol. The molecule has 1 amide bonds. The molecule has 2 aromatic carbocycles. The molecule has 0 aliphatic carbocycles. The second-order valence-corrected chi connectivity index (χ2v) is 5.07. The summed E-state index contributed by atoms with van der Waals surface area (Å²) in [7, 11) is 1.58. The number of anilines is 1. The third-order valence-electron chi connectivity index (χ3n) is 3.29. The molecule has 4 heteroatoms. The topological polar surface area (TPSA) is 55.4 Å². The predicted octanol–water partition coefficient (Wildman–Crippen LogP) is 3.61. The highest BCUT2D eigenvalue weighted by molar-refractivity contribution is 6.00. The second kappa shape index (κ2) is 7.41. The Morgan fingerprint density at radius 3 is 2.41 bits per heavy atom. The van der Waals surface area contributed by atoms with Crippen LogP contribution < -0.4 is 10.1 Å². The van der Waals surface area contributed by atoms with E-state index in [1.165, 1.54) is 0 Å². The van der Waals surface area contributed by atoms with Crippen LogP contribution in [-0.2, 0) is 4.79 Å². The minimum absolute atomic E-state index is 0.0537. The summed E-state index contributed by atoms with van der Waals surface area (Å²) in [5, 5.41) is 2.80. The summed E-state index contributed by atoms with van der Waals surface area (Å²) in [6.45, 7) is 1.96. The lowest BCUT2D eigenvalue weighted by molar-refractivity contribution is -0.116. The molecule has 0 aliphatic rings. The number of nitrogens with one attached hydrogen (secondary N) is 1. The molecule has 0 fully saturated rings. The SMILES string of the molecule is COc1ccc(C(=O)CCC(=O)Nc2cccc(C)c2)cc1. The molecule has 0 heterocycles. The number of carbonyl (C=O) groups is 2. The normalized spacial score (nSPS) is 10.1. The summed E-state index contributed by atoms with van der Waals surface area (Å²) in [6.07, 6.45) is 0.350. The van der Waals surface area contributed by atoms with Crippen LogP contribution >= 0.6 is 0 Å². The van der Waals surface area contributed by atoms with Crippen molar-refractivity contribution >= 4 is 17.4 Å². The zero-order chi connectivity index (χ0) is 15.9. The smallest absolute Gasteiger partial charge is 0.224 e. The van der Waals surface area contributed by atoms with E-state index in [-0.39, 0.29) is 24.5 Å². The third-order valence-corrected chi connectivity index (χ3v) is 3.29. The first kappa shape index (κ1) is 15.8. The van der Waals surface area contributed by atoms with Crippen LogP contribution in [-0.4, -0.2) is 18.8 Å². The van der Waals surface area contributed by atoms with Crippen molar-refractivity contribution in [3.63, 3.8) is 0 Å². The minimum Gasteiger partial charge on any atom is -0.497 e. The molecule has 0 saturated carbocycles. The summed E-state index contributed by atoms with van der Waals surface area (Å²) in [4.78, 5) is 23.9. The molecule has 0 aromatic heterocycles. The van der Waals surface area contributed by atoms with Gasteiger partial charge in [0.25, 0.3) is 0 Å². The van der Waals surface area contributed by atoms with Gasteiger partial charge in [-0.05, 0) is 48.9 Å². The lowest BCUT2D eigenvalue weighted by Gasteiger charge is -2.06. The fraction of sp³-hybridized carbons (Fsp3) is 0.222. The molecule has 0 saturated heterocycles. The standard InChI is InChI=1S/C18H19NO3/c1-13-4-3-5-15(12-13)19-18(21)11-10-17(20)14-6-8-16(22-2)9-7-14/h3-9,12H,10-11H2,1-2H3,(H,19,21). The number of ketones is 1. The van der Waals surface area contributed by atoms with Crippen LogP contribution in [0.1, 0.15) is 28.8 Å². The monoisotopic (exact) mass is 297 g/mol. The van der Waals surface area contributed by atoms with Gasteiger partial charge in [0, 0.05) is 24.1 Å². The maximum absolute atomic E-state index is 12.0. The lowest BCUT2D eigenvalue weighted by Crippen LogP contribution is -2.13. The van der Waals surface area contributed by atoms with Gasteiger partial charge in [-0.1, -0.05) is 12.1 Å². The first-order chi connectivity index (χ1) is 10.6. The number of hydrogen-bond acceptors (Lipinski definition) is 3. The fourth-order valence-corrected chi connectivity index (χ4v) is 2.09. The highest BCUT2D eigenvalue weighted by Gasteiger charge is 2.10. The highest BCUT2D eigenvalue weighted by atomic mass is 16.5. The van der Waals surface area contributed by atoms with Crippen molar-refractivity contribution in [2.75, 3.05) is 12.4 Å². The Morgan fingerprint density at radius 2 is 1.77 bits per heavy atom. The number of ether oxygens (including phenoxy) is 1. The number of rotatable bonds is 6. The van der Waals surface area contributed by atoms with E-state index >= 15 is 0 Å². The zero-order valence-corrected chi connectivity index (χ0v) is 12.8. The van der Waals surface area contributed by atoms with Crippen LogP contribution in [0.5, 0.6) is 5.75 Å². The third kappa shape index (κ3) is 4.45. The molecular formula is C18H19NO3. The lowest BCUT2D eigenvalue weighted by atomic mass is 10.1. The maximum Gasteiger partial charge on any atom is 0.224 e. The highest BCUT2D eigenvalue weighted by Crippen LogP contribution is 2.14. The molecule has 2 aromatic rings. The number of Topliss-reactive ketones (excluding diaryl/α,β-unsaturated/α-hetero) is 1. The van der Waals surface area contributed by atoms with Gasteiger partial charge in [0.15, 0.2) is 5.78 Å². The van der Waals surface area contributed by atoms with E-state index in [0.717, 1.165) is 11.3 Å². The van der Waals surface area contributed by atoms with Gasteiger partial charge < -0.3 is 10.1 Å². The van der Waals surface area contributed by atoms with Crippen LogP contribution in [0, 0.1) is 6.92 Å². The average molecular weight is 297 g/mol. The Hall–Kier alpha value is -2.62. The van der Waals surface area contributed by atoms with Crippen molar-refractivity contribution in [2.45, 2.75) is 19.8 Å². The van der Waals surface area contributed by atoms with E-state index in [0.29, 0.717) is 11.3 Å². The van der Waals surface area contributed by atoms with E-state index in [9.17, 15) is 9.59 Å². The molecule has 0 unspecified atom stereocenters. The van der Waals surface area contributed by atoms with Crippen LogP contribution in [0.3, 0.4) is 0 Å². The van der Waals surface area contributed by atoms with Crippen molar-refractivity contribution < 1.29 is 14.3 Å². The Balaban J connectivity index is 1.86. The fourth-order valence-electron chi connectivity index (χ4n) is 2.09.